The summed E-state index contributed by atoms with van der Waals surface area (Å²) in [5, 5.41) is 3.17. The molecule has 3 heteroatoms. The molecule has 0 saturated carbocycles. The first-order chi connectivity index (χ1) is 8.02. The average Bonchev–Trinajstić information content (AvgIpc) is 2.62. The minimum Gasteiger partial charge on any atom is -0.356 e. The van der Waals surface area contributed by atoms with Crippen LogP contribution in [0.4, 0.5) is 5.82 Å². The molecule has 0 bridgehead atoms. The van der Waals surface area contributed by atoms with E-state index in [1.807, 2.05) is 7.05 Å². The highest BCUT2D eigenvalue weighted by atomic mass is 15.2. The van der Waals surface area contributed by atoms with Gasteiger partial charge in [-0.05, 0) is 37.4 Å². The number of nitrogens with one attached hydrogen (secondary N) is 1. The Morgan fingerprint density at radius 1 is 1.41 bits per heavy atom. The van der Waals surface area contributed by atoms with Gasteiger partial charge in [-0.2, -0.15) is 0 Å². The lowest BCUT2D eigenvalue weighted by Gasteiger charge is -2.21. The Morgan fingerprint density at radius 2 is 2.18 bits per heavy atom. The first kappa shape index (κ1) is 12.4. The summed E-state index contributed by atoms with van der Waals surface area (Å²) < 4.78 is 0. The van der Waals surface area contributed by atoms with Gasteiger partial charge in [0.25, 0.3) is 0 Å². The van der Waals surface area contributed by atoms with Gasteiger partial charge in [0, 0.05) is 25.3 Å². The van der Waals surface area contributed by atoms with E-state index in [1.165, 1.54) is 12.0 Å². The molecule has 0 amide bonds. The van der Waals surface area contributed by atoms with Crippen LogP contribution in [0.1, 0.15) is 31.5 Å². The zero-order valence-corrected chi connectivity index (χ0v) is 11.4. The second-order valence-corrected chi connectivity index (χ2v) is 5.78. The third-order valence-electron chi connectivity index (χ3n) is 3.55. The molecule has 1 N–H and O–H groups in total. The smallest absolute Gasteiger partial charge is 0.128 e. The molecule has 94 valence electrons. The fourth-order valence-corrected chi connectivity index (χ4v) is 2.44. The fraction of sp³-hybridized carbons (Fsp3) is 0.643. The Kier molecular flexibility index (Phi) is 3.38. The van der Waals surface area contributed by atoms with Gasteiger partial charge in [0.15, 0.2) is 0 Å². The average molecular weight is 233 g/mol. The largest absolute Gasteiger partial charge is 0.356 e. The zero-order chi connectivity index (χ0) is 12.5. The molecule has 0 radical (unpaired) electrons. The van der Waals surface area contributed by atoms with Crippen molar-refractivity contribution in [2.75, 3.05) is 25.0 Å². The first-order valence-corrected chi connectivity index (χ1v) is 6.38. The van der Waals surface area contributed by atoms with Crippen molar-refractivity contribution in [2.24, 2.45) is 5.41 Å². The summed E-state index contributed by atoms with van der Waals surface area (Å²) in [6.45, 7) is 9.89. The molecule has 1 aromatic rings. The fourth-order valence-electron chi connectivity index (χ4n) is 2.44. The van der Waals surface area contributed by atoms with Crippen LogP contribution in [0.2, 0.25) is 0 Å². The molecule has 1 aromatic heterocycles. The van der Waals surface area contributed by atoms with Crippen molar-refractivity contribution in [1.29, 1.82) is 0 Å². The van der Waals surface area contributed by atoms with Gasteiger partial charge in [-0.25, -0.2) is 4.98 Å². The maximum absolute atomic E-state index is 4.73. The summed E-state index contributed by atoms with van der Waals surface area (Å²) in [5.74, 6) is 1.13. The summed E-state index contributed by atoms with van der Waals surface area (Å²) in [5.41, 5.74) is 2.86. The third-order valence-corrected chi connectivity index (χ3v) is 3.55. The van der Waals surface area contributed by atoms with Crippen molar-refractivity contribution in [3.63, 3.8) is 0 Å². The van der Waals surface area contributed by atoms with Crippen molar-refractivity contribution in [3.05, 3.63) is 23.4 Å². The van der Waals surface area contributed by atoms with Crippen LogP contribution in [0.15, 0.2) is 12.1 Å². The van der Waals surface area contributed by atoms with Gasteiger partial charge in [0.05, 0.1) is 0 Å². The summed E-state index contributed by atoms with van der Waals surface area (Å²) in [6, 6.07) is 4.35. The van der Waals surface area contributed by atoms with Gasteiger partial charge >= 0.3 is 0 Å². The molecule has 0 unspecified atom stereocenters. The van der Waals surface area contributed by atoms with Crippen LogP contribution in [0.25, 0.3) is 0 Å². The molecule has 1 aliphatic heterocycles. The third kappa shape index (κ3) is 2.78. The van der Waals surface area contributed by atoms with Gasteiger partial charge < -0.3 is 10.2 Å². The zero-order valence-electron chi connectivity index (χ0n) is 11.4. The molecule has 2 rings (SSSR count). The number of aryl methyl sites for hydroxylation is 1. The lowest BCUT2D eigenvalue weighted by molar-refractivity contribution is 0.418. The van der Waals surface area contributed by atoms with E-state index in [0.29, 0.717) is 5.41 Å². The van der Waals surface area contributed by atoms with E-state index in [1.54, 1.807) is 0 Å². The number of anilines is 1. The molecule has 1 saturated heterocycles. The molecule has 1 aliphatic rings. The lowest BCUT2D eigenvalue weighted by Crippen LogP contribution is -2.24. The minimum atomic E-state index is 0.430. The predicted molar refractivity (Wildman–Crippen MR) is 72.3 cm³/mol. The Balaban J connectivity index is 2.15. The van der Waals surface area contributed by atoms with Crippen molar-refractivity contribution < 1.29 is 0 Å². The maximum atomic E-state index is 4.73. The number of hydrogen-bond donors (Lipinski definition) is 1. The SMILES string of the molecule is CNCc1ccc(N2CCC(C)(C)C2)nc1C. The molecule has 17 heavy (non-hydrogen) atoms. The van der Waals surface area contributed by atoms with Gasteiger partial charge in [-0.1, -0.05) is 19.9 Å². The van der Waals surface area contributed by atoms with E-state index in [-0.39, 0.29) is 0 Å². The van der Waals surface area contributed by atoms with Crippen LogP contribution in [-0.4, -0.2) is 25.1 Å². The summed E-state index contributed by atoms with van der Waals surface area (Å²) in [6.07, 6.45) is 1.26. The second kappa shape index (κ2) is 4.65. The summed E-state index contributed by atoms with van der Waals surface area (Å²) in [4.78, 5) is 7.12. The van der Waals surface area contributed by atoms with Crippen LogP contribution in [0, 0.1) is 12.3 Å². The van der Waals surface area contributed by atoms with Crippen molar-refractivity contribution in [3.8, 4) is 0 Å². The molecule has 1 fully saturated rings. The van der Waals surface area contributed by atoms with Gasteiger partial charge in [-0.3, -0.25) is 0 Å². The molecule has 2 heterocycles. The standard InChI is InChI=1S/C14H23N3/c1-11-12(9-15-4)5-6-13(16-11)17-8-7-14(2,3)10-17/h5-6,15H,7-10H2,1-4H3. The van der Waals surface area contributed by atoms with Gasteiger partial charge in [-0.15, -0.1) is 0 Å². The monoisotopic (exact) mass is 233 g/mol. The Morgan fingerprint density at radius 3 is 2.71 bits per heavy atom. The van der Waals surface area contributed by atoms with E-state index in [0.717, 1.165) is 31.1 Å². The lowest BCUT2D eigenvalue weighted by atomic mass is 9.93. The maximum Gasteiger partial charge on any atom is 0.128 e. The molecule has 0 spiro atoms. The highest BCUT2D eigenvalue weighted by Gasteiger charge is 2.29. The molecular weight excluding hydrogens is 210 g/mol. The summed E-state index contributed by atoms with van der Waals surface area (Å²) >= 11 is 0. The van der Waals surface area contributed by atoms with Crippen LogP contribution < -0.4 is 10.2 Å². The molecule has 0 aromatic carbocycles. The molecule has 0 atom stereocenters. The van der Waals surface area contributed by atoms with Gasteiger partial charge in [0.2, 0.25) is 0 Å². The van der Waals surface area contributed by atoms with Crippen LogP contribution in [0.3, 0.4) is 0 Å². The van der Waals surface area contributed by atoms with Crippen molar-refractivity contribution in [2.45, 2.75) is 33.7 Å². The second-order valence-electron chi connectivity index (χ2n) is 5.78. The number of pyridine rings is 1. The van der Waals surface area contributed by atoms with Crippen LogP contribution in [-0.2, 0) is 6.54 Å². The number of rotatable bonds is 3. The van der Waals surface area contributed by atoms with E-state index in [9.17, 15) is 0 Å². The predicted octanol–water partition coefficient (Wildman–Crippen LogP) is 2.35. The topological polar surface area (TPSA) is 28.2 Å². The number of nitrogens with zero attached hydrogens (tertiary/aromatic N) is 2. The minimum absolute atomic E-state index is 0.430. The number of aromatic nitrogens is 1. The van der Waals surface area contributed by atoms with E-state index < -0.39 is 0 Å². The quantitative estimate of drug-likeness (QED) is 0.868. The molecule has 3 nitrogen and oxygen atoms in total. The molecular formula is C14H23N3. The number of hydrogen-bond acceptors (Lipinski definition) is 3. The van der Waals surface area contributed by atoms with Crippen LogP contribution in [0.5, 0.6) is 0 Å². The Bertz CT molecular complexity index is 398. The van der Waals surface area contributed by atoms with E-state index >= 15 is 0 Å². The van der Waals surface area contributed by atoms with E-state index in [4.69, 9.17) is 4.98 Å². The van der Waals surface area contributed by atoms with Crippen LogP contribution >= 0.6 is 0 Å². The highest BCUT2D eigenvalue weighted by molar-refractivity contribution is 5.43. The van der Waals surface area contributed by atoms with E-state index in [2.05, 4.69) is 43.1 Å². The van der Waals surface area contributed by atoms with Gasteiger partial charge in [0.1, 0.15) is 5.82 Å². The normalized spacial score (nSPS) is 18.7. The Labute approximate surface area is 104 Å². The Hall–Kier alpha value is -1.09. The van der Waals surface area contributed by atoms with Crippen molar-refractivity contribution in [1.82, 2.24) is 10.3 Å². The first-order valence-electron chi connectivity index (χ1n) is 6.38. The summed E-state index contributed by atoms with van der Waals surface area (Å²) in [7, 11) is 1.97. The van der Waals surface area contributed by atoms with Crippen molar-refractivity contribution >= 4 is 5.82 Å². The highest BCUT2D eigenvalue weighted by Crippen LogP contribution is 2.31. The molecule has 0 aliphatic carbocycles.